The van der Waals surface area contributed by atoms with Crippen LogP contribution in [0.25, 0.3) is 5.52 Å². The molecule has 1 atom stereocenters. The zero-order valence-electron chi connectivity index (χ0n) is 10.3. The average molecular weight is 230 g/mol. The largest absolute Gasteiger partial charge is 0.310 e. The van der Waals surface area contributed by atoms with Crippen molar-refractivity contribution in [2.24, 2.45) is 0 Å². The Morgan fingerprint density at radius 3 is 3.06 bits per heavy atom. The summed E-state index contributed by atoms with van der Waals surface area (Å²) in [5.74, 6) is 0. The van der Waals surface area contributed by atoms with Gasteiger partial charge in [-0.25, -0.2) is 4.52 Å². The highest BCUT2D eigenvalue weighted by Gasteiger charge is 2.15. The van der Waals surface area contributed by atoms with Crippen LogP contribution in [0.15, 0.2) is 36.9 Å². The van der Waals surface area contributed by atoms with E-state index >= 15 is 0 Å². The molecule has 0 aromatic carbocycles. The third kappa shape index (κ3) is 2.53. The lowest BCUT2D eigenvalue weighted by atomic mass is 10.0. The van der Waals surface area contributed by atoms with Crippen LogP contribution in [0.5, 0.6) is 0 Å². The molecule has 2 aromatic rings. The Morgan fingerprint density at radius 2 is 2.35 bits per heavy atom. The van der Waals surface area contributed by atoms with Gasteiger partial charge in [-0.3, -0.25) is 4.98 Å². The van der Waals surface area contributed by atoms with Gasteiger partial charge in [0.2, 0.25) is 0 Å². The van der Waals surface area contributed by atoms with Crippen LogP contribution in [-0.2, 0) is 0 Å². The van der Waals surface area contributed by atoms with Crippen LogP contribution in [0.3, 0.4) is 0 Å². The molecule has 0 aliphatic carbocycles. The van der Waals surface area contributed by atoms with Crippen molar-refractivity contribution < 1.29 is 0 Å². The Bertz CT molecular complexity index is 515. The molecule has 0 spiro atoms. The summed E-state index contributed by atoms with van der Waals surface area (Å²) in [6, 6.07) is 0.263. The molecule has 0 radical (unpaired) electrons. The molecule has 0 aliphatic rings. The first-order chi connectivity index (χ1) is 8.22. The summed E-state index contributed by atoms with van der Waals surface area (Å²) in [6.07, 6.45) is 8.29. The summed E-state index contributed by atoms with van der Waals surface area (Å²) >= 11 is 0. The van der Waals surface area contributed by atoms with E-state index in [0.29, 0.717) is 0 Å². The van der Waals surface area contributed by atoms with Gasteiger partial charge < -0.3 is 5.32 Å². The molecule has 4 heteroatoms. The van der Waals surface area contributed by atoms with Crippen molar-refractivity contribution in [3.63, 3.8) is 0 Å². The lowest BCUT2D eigenvalue weighted by molar-refractivity contribution is 0.551. The number of rotatable bonds is 5. The van der Waals surface area contributed by atoms with Crippen molar-refractivity contribution in [2.75, 3.05) is 6.54 Å². The molecule has 2 aromatic heterocycles. The predicted octanol–water partition coefficient (Wildman–Crippen LogP) is 2.35. The predicted molar refractivity (Wildman–Crippen MR) is 68.8 cm³/mol. The van der Waals surface area contributed by atoms with Crippen LogP contribution >= 0.6 is 0 Å². The fourth-order valence-electron chi connectivity index (χ4n) is 2.01. The smallest absolute Gasteiger partial charge is 0.0892 e. The number of nitrogens with zero attached hydrogens (tertiary/aromatic N) is 3. The number of nitrogens with one attached hydrogen (secondary N) is 1. The molecule has 2 heterocycles. The molecule has 0 saturated carbocycles. The maximum atomic E-state index is 4.34. The monoisotopic (exact) mass is 230 g/mol. The molecule has 4 nitrogen and oxygen atoms in total. The number of hydrogen-bond donors (Lipinski definition) is 1. The first-order valence-electron chi connectivity index (χ1n) is 5.87. The zero-order valence-corrected chi connectivity index (χ0v) is 10.3. The van der Waals surface area contributed by atoms with E-state index in [9.17, 15) is 0 Å². The molecule has 90 valence electrons. The summed E-state index contributed by atoms with van der Waals surface area (Å²) in [7, 11) is 0. The second-order valence-corrected chi connectivity index (χ2v) is 4.28. The first kappa shape index (κ1) is 11.8. The SMILES string of the molecule is C=C(C)CC(NCC)c1cnn2ccncc12. The highest BCUT2D eigenvalue weighted by atomic mass is 15.2. The summed E-state index contributed by atoms with van der Waals surface area (Å²) in [5, 5.41) is 7.80. The van der Waals surface area contributed by atoms with Crippen molar-refractivity contribution in [3.8, 4) is 0 Å². The van der Waals surface area contributed by atoms with Crippen LogP contribution < -0.4 is 5.32 Å². The Labute approximate surface area is 101 Å². The fraction of sp³-hybridized carbons (Fsp3) is 0.385. The molecule has 0 aliphatic heterocycles. The van der Waals surface area contributed by atoms with Crippen LogP contribution in [0.2, 0.25) is 0 Å². The third-order valence-corrected chi connectivity index (χ3v) is 2.73. The lowest BCUT2D eigenvalue weighted by Crippen LogP contribution is -2.21. The minimum Gasteiger partial charge on any atom is -0.310 e. The molecule has 1 unspecified atom stereocenters. The van der Waals surface area contributed by atoms with Gasteiger partial charge in [0, 0.05) is 24.0 Å². The standard InChI is InChI=1S/C13H18N4/c1-4-15-12(7-10(2)3)11-8-16-17-6-5-14-9-13(11)17/h5-6,8-9,12,15H,2,4,7H2,1,3H3. The van der Waals surface area contributed by atoms with Crippen LogP contribution in [0, 0.1) is 0 Å². The lowest BCUT2D eigenvalue weighted by Gasteiger charge is -2.16. The van der Waals surface area contributed by atoms with Crippen molar-refractivity contribution in [3.05, 3.63) is 42.5 Å². The van der Waals surface area contributed by atoms with E-state index in [0.717, 1.165) is 18.5 Å². The van der Waals surface area contributed by atoms with Crippen molar-refractivity contribution in [1.82, 2.24) is 19.9 Å². The van der Waals surface area contributed by atoms with Crippen molar-refractivity contribution >= 4 is 5.52 Å². The molecule has 0 bridgehead atoms. The topological polar surface area (TPSA) is 42.2 Å². The molecule has 0 saturated heterocycles. The van der Waals surface area contributed by atoms with Gasteiger partial charge in [-0.1, -0.05) is 12.5 Å². The molecule has 0 amide bonds. The van der Waals surface area contributed by atoms with E-state index in [1.807, 2.05) is 30.0 Å². The first-order valence-corrected chi connectivity index (χ1v) is 5.87. The molecule has 2 rings (SSSR count). The summed E-state index contributed by atoms with van der Waals surface area (Å²) in [4.78, 5) is 4.16. The summed E-state index contributed by atoms with van der Waals surface area (Å²) < 4.78 is 1.85. The number of hydrogen-bond acceptors (Lipinski definition) is 3. The summed E-state index contributed by atoms with van der Waals surface area (Å²) in [6.45, 7) is 9.07. The maximum absolute atomic E-state index is 4.34. The van der Waals surface area contributed by atoms with Crippen LogP contribution in [0.4, 0.5) is 0 Å². The Balaban J connectivity index is 2.37. The normalized spacial score (nSPS) is 12.8. The van der Waals surface area contributed by atoms with Gasteiger partial charge in [0.1, 0.15) is 0 Å². The zero-order chi connectivity index (χ0) is 12.3. The van der Waals surface area contributed by atoms with E-state index in [1.165, 1.54) is 11.1 Å². The van der Waals surface area contributed by atoms with Gasteiger partial charge in [0.25, 0.3) is 0 Å². The molecular formula is C13H18N4. The van der Waals surface area contributed by atoms with Gasteiger partial charge in [-0.15, -0.1) is 6.58 Å². The Kier molecular flexibility index (Phi) is 3.54. The van der Waals surface area contributed by atoms with Crippen molar-refractivity contribution in [2.45, 2.75) is 26.3 Å². The van der Waals surface area contributed by atoms with Gasteiger partial charge in [0.05, 0.1) is 17.9 Å². The van der Waals surface area contributed by atoms with Crippen molar-refractivity contribution in [1.29, 1.82) is 0 Å². The minimum atomic E-state index is 0.263. The summed E-state index contributed by atoms with van der Waals surface area (Å²) in [5.41, 5.74) is 3.40. The van der Waals surface area contributed by atoms with Gasteiger partial charge in [-0.2, -0.15) is 5.10 Å². The van der Waals surface area contributed by atoms with E-state index in [-0.39, 0.29) is 6.04 Å². The Hall–Kier alpha value is -1.68. The number of aromatic nitrogens is 3. The van der Waals surface area contributed by atoms with E-state index < -0.39 is 0 Å². The second kappa shape index (κ2) is 5.10. The highest BCUT2D eigenvalue weighted by Crippen LogP contribution is 2.23. The second-order valence-electron chi connectivity index (χ2n) is 4.28. The molecule has 1 N–H and O–H groups in total. The molecule has 17 heavy (non-hydrogen) atoms. The maximum Gasteiger partial charge on any atom is 0.0892 e. The highest BCUT2D eigenvalue weighted by molar-refractivity contribution is 5.53. The Morgan fingerprint density at radius 1 is 1.53 bits per heavy atom. The quantitative estimate of drug-likeness (QED) is 0.802. The van der Waals surface area contributed by atoms with E-state index in [2.05, 4.69) is 28.9 Å². The molecular weight excluding hydrogens is 212 g/mol. The van der Waals surface area contributed by atoms with Crippen LogP contribution in [-0.4, -0.2) is 21.1 Å². The van der Waals surface area contributed by atoms with Gasteiger partial charge in [0.15, 0.2) is 0 Å². The van der Waals surface area contributed by atoms with Crippen LogP contribution in [0.1, 0.15) is 31.9 Å². The average Bonchev–Trinajstić information content (AvgIpc) is 2.71. The van der Waals surface area contributed by atoms with Gasteiger partial charge in [-0.05, 0) is 19.9 Å². The molecule has 0 fully saturated rings. The fourth-order valence-corrected chi connectivity index (χ4v) is 2.01. The van der Waals surface area contributed by atoms with Gasteiger partial charge >= 0.3 is 0 Å². The minimum absolute atomic E-state index is 0.263. The third-order valence-electron chi connectivity index (χ3n) is 2.73. The van der Waals surface area contributed by atoms with E-state index in [1.54, 1.807) is 6.20 Å². The van der Waals surface area contributed by atoms with E-state index in [4.69, 9.17) is 0 Å². The number of fused-ring (bicyclic) bond motifs is 1.